The molecule has 0 aliphatic rings. The maximum atomic E-state index is 13.1. The summed E-state index contributed by atoms with van der Waals surface area (Å²) in [5.74, 6) is 0.498. The van der Waals surface area contributed by atoms with Gasteiger partial charge in [-0.1, -0.05) is 11.8 Å². The Morgan fingerprint density at radius 3 is 2.58 bits per heavy atom. The average Bonchev–Trinajstić information content (AvgIpc) is 3.57. The van der Waals surface area contributed by atoms with Gasteiger partial charge in [0.05, 0.1) is 38.5 Å². The smallest absolute Gasteiger partial charge is 0.287 e. The molecule has 12 heteroatoms. The van der Waals surface area contributed by atoms with E-state index in [0.29, 0.717) is 33.9 Å². The first-order chi connectivity index (χ1) is 17.5. The fraction of sp³-hybridized carbons (Fsp3) is 0.167. The molecule has 0 atom stereocenters. The Kier molecular flexibility index (Phi) is 7.85. The third-order valence-corrected chi connectivity index (χ3v) is 5.87. The molecule has 2 aromatic heterocycles. The van der Waals surface area contributed by atoms with E-state index in [1.165, 1.54) is 44.7 Å². The van der Waals surface area contributed by atoms with Crippen LogP contribution in [-0.2, 0) is 11.3 Å². The Labute approximate surface area is 209 Å². The van der Waals surface area contributed by atoms with E-state index in [0.717, 1.165) is 11.8 Å². The number of thioether (sulfide) groups is 1. The summed E-state index contributed by atoms with van der Waals surface area (Å²) in [5, 5.41) is 14.3. The zero-order valence-corrected chi connectivity index (χ0v) is 20.2. The first kappa shape index (κ1) is 24.8. The number of aromatic nitrogens is 3. The first-order valence-corrected chi connectivity index (χ1v) is 11.6. The number of ether oxygens (including phenoxy) is 2. The summed E-state index contributed by atoms with van der Waals surface area (Å²) in [6.07, 6.45) is 1.41. The van der Waals surface area contributed by atoms with Gasteiger partial charge in [0.2, 0.25) is 5.91 Å². The molecule has 0 spiro atoms. The highest BCUT2D eigenvalue weighted by Crippen LogP contribution is 2.32. The number of anilines is 1. The topological polar surface area (TPSA) is 121 Å². The number of hydrogen-bond donors (Lipinski definition) is 2. The molecule has 36 heavy (non-hydrogen) atoms. The van der Waals surface area contributed by atoms with Crippen LogP contribution in [0.1, 0.15) is 16.4 Å². The lowest BCUT2D eigenvalue weighted by molar-refractivity contribution is -0.113. The van der Waals surface area contributed by atoms with Crippen molar-refractivity contribution in [3.8, 4) is 17.2 Å². The van der Waals surface area contributed by atoms with E-state index in [9.17, 15) is 14.0 Å². The van der Waals surface area contributed by atoms with Gasteiger partial charge in [0.15, 0.2) is 16.7 Å². The van der Waals surface area contributed by atoms with Gasteiger partial charge in [0, 0.05) is 11.8 Å². The molecule has 0 saturated heterocycles. The molecule has 10 nitrogen and oxygen atoms in total. The van der Waals surface area contributed by atoms with Crippen LogP contribution in [0.4, 0.5) is 10.1 Å². The molecule has 0 aliphatic carbocycles. The molecule has 4 rings (SSSR count). The van der Waals surface area contributed by atoms with Crippen molar-refractivity contribution < 1.29 is 27.9 Å². The molecular formula is C24H22FN5O5S. The molecule has 2 aromatic carbocycles. The number of rotatable bonds is 10. The molecule has 4 aromatic rings. The van der Waals surface area contributed by atoms with Crippen LogP contribution in [0.3, 0.4) is 0 Å². The van der Waals surface area contributed by atoms with Crippen LogP contribution in [0.5, 0.6) is 11.5 Å². The number of furan rings is 1. The standard InChI is InChI=1S/C24H22FN5O5S/c1-33-17-9-10-19(34-2)18(12-17)30-21(13-26-23(32)20-4-3-11-35-20)28-29-24(30)36-14-22(31)27-16-7-5-15(25)6-8-16/h3-12H,13-14H2,1-2H3,(H,26,32)(H,27,31). The van der Waals surface area contributed by atoms with Crippen LogP contribution in [0.25, 0.3) is 5.69 Å². The molecule has 0 saturated carbocycles. The van der Waals surface area contributed by atoms with Gasteiger partial charge < -0.3 is 24.5 Å². The number of amides is 2. The van der Waals surface area contributed by atoms with E-state index in [1.807, 2.05) is 0 Å². The summed E-state index contributed by atoms with van der Waals surface area (Å²) in [6.45, 7) is 0.0230. The van der Waals surface area contributed by atoms with Gasteiger partial charge in [-0.05, 0) is 48.5 Å². The summed E-state index contributed by atoms with van der Waals surface area (Å²) in [5.41, 5.74) is 1.03. The zero-order chi connectivity index (χ0) is 25.5. The van der Waals surface area contributed by atoms with E-state index in [-0.39, 0.29) is 24.0 Å². The van der Waals surface area contributed by atoms with Gasteiger partial charge in [0.1, 0.15) is 17.3 Å². The predicted molar refractivity (Wildman–Crippen MR) is 130 cm³/mol. The van der Waals surface area contributed by atoms with Crippen LogP contribution in [0.2, 0.25) is 0 Å². The summed E-state index contributed by atoms with van der Waals surface area (Å²) in [4.78, 5) is 24.9. The number of carbonyl (C=O) groups is 2. The highest BCUT2D eigenvalue weighted by Gasteiger charge is 2.21. The number of nitrogens with one attached hydrogen (secondary N) is 2. The Morgan fingerprint density at radius 2 is 1.89 bits per heavy atom. The van der Waals surface area contributed by atoms with Crippen LogP contribution in [0.15, 0.2) is 70.4 Å². The molecule has 0 aliphatic heterocycles. The third kappa shape index (κ3) is 5.84. The van der Waals surface area contributed by atoms with Crippen molar-refractivity contribution in [3.63, 3.8) is 0 Å². The lowest BCUT2D eigenvalue weighted by Crippen LogP contribution is -2.24. The molecule has 0 radical (unpaired) electrons. The van der Waals surface area contributed by atoms with Crippen LogP contribution < -0.4 is 20.1 Å². The second kappa shape index (κ2) is 11.4. The lowest BCUT2D eigenvalue weighted by atomic mass is 10.2. The van der Waals surface area contributed by atoms with E-state index < -0.39 is 11.7 Å². The SMILES string of the molecule is COc1ccc(OC)c(-n2c(CNC(=O)c3ccco3)nnc2SCC(=O)Nc2ccc(F)cc2)c1. The Balaban J connectivity index is 1.58. The second-order valence-corrected chi connectivity index (χ2v) is 8.22. The maximum Gasteiger partial charge on any atom is 0.287 e. The van der Waals surface area contributed by atoms with Crippen LogP contribution in [0, 0.1) is 5.82 Å². The van der Waals surface area contributed by atoms with E-state index in [4.69, 9.17) is 13.9 Å². The minimum absolute atomic E-state index is 0.000544. The van der Waals surface area contributed by atoms with Crippen molar-refractivity contribution in [1.29, 1.82) is 0 Å². The van der Waals surface area contributed by atoms with Gasteiger partial charge in [0.25, 0.3) is 5.91 Å². The van der Waals surface area contributed by atoms with Crippen molar-refractivity contribution in [2.24, 2.45) is 0 Å². The summed E-state index contributed by atoms with van der Waals surface area (Å²) >= 11 is 1.13. The lowest BCUT2D eigenvalue weighted by Gasteiger charge is -2.15. The fourth-order valence-electron chi connectivity index (χ4n) is 3.24. The number of methoxy groups -OCH3 is 2. The van der Waals surface area contributed by atoms with Crippen molar-refractivity contribution in [3.05, 3.63) is 78.3 Å². The molecule has 2 N–H and O–H groups in total. The summed E-state index contributed by atoms with van der Waals surface area (Å²) in [6, 6.07) is 13.8. The van der Waals surface area contributed by atoms with E-state index in [1.54, 1.807) is 34.9 Å². The minimum atomic E-state index is -0.417. The fourth-order valence-corrected chi connectivity index (χ4v) is 4.00. The van der Waals surface area contributed by atoms with Crippen molar-refractivity contribution in [2.45, 2.75) is 11.7 Å². The van der Waals surface area contributed by atoms with Gasteiger partial charge in [-0.2, -0.15) is 0 Å². The molecule has 0 bridgehead atoms. The minimum Gasteiger partial charge on any atom is -0.497 e. The van der Waals surface area contributed by atoms with Gasteiger partial charge in [-0.15, -0.1) is 10.2 Å². The normalized spacial score (nSPS) is 10.6. The van der Waals surface area contributed by atoms with Gasteiger partial charge in [-0.3, -0.25) is 14.2 Å². The quantitative estimate of drug-likeness (QED) is 0.310. The molecule has 0 fully saturated rings. The van der Waals surface area contributed by atoms with Gasteiger partial charge >= 0.3 is 0 Å². The highest BCUT2D eigenvalue weighted by molar-refractivity contribution is 7.99. The molecule has 0 unspecified atom stereocenters. The molecule has 186 valence electrons. The second-order valence-electron chi connectivity index (χ2n) is 7.28. The zero-order valence-electron chi connectivity index (χ0n) is 19.4. The monoisotopic (exact) mass is 511 g/mol. The molecule has 2 amide bonds. The van der Waals surface area contributed by atoms with Gasteiger partial charge in [-0.25, -0.2) is 4.39 Å². The summed E-state index contributed by atoms with van der Waals surface area (Å²) in [7, 11) is 3.06. The number of hydrogen-bond acceptors (Lipinski definition) is 8. The van der Waals surface area contributed by atoms with Crippen LogP contribution >= 0.6 is 11.8 Å². The summed E-state index contributed by atoms with van der Waals surface area (Å²) < 4.78 is 30.8. The Hall–Kier alpha value is -4.32. The molecule has 2 heterocycles. The predicted octanol–water partition coefficient (Wildman–Crippen LogP) is 3.68. The number of carbonyl (C=O) groups excluding carboxylic acids is 2. The highest BCUT2D eigenvalue weighted by atomic mass is 32.2. The largest absolute Gasteiger partial charge is 0.497 e. The van der Waals surface area contributed by atoms with E-state index in [2.05, 4.69) is 20.8 Å². The Bertz CT molecular complexity index is 1340. The Morgan fingerprint density at radius 1 is 1.08 bits per heavy atom. The number of benzene rings is 2. The van der Waals surface area contributed by atoms with Crippen molar-refractivity contribution >= 4 is 29.3 Å². The van der Waals surface area contributed by atoms with Crippen molar-refractivity contribution in [1.82, 2.24) is 20.1 Å². The number of halogens is 1. The van der Waals surface area contributed by atoms with E-state index >= 15 is 0 Å². The average molecular weight is 512 g/mol. The first-order valence-electron chi connectivity index (χ1n) is 10.6. The maximum absolute atomic E-state index is 13.1. The van der Waals surface area contributed by atoms with Crippen molar-refractivity contribution in [2.75, 3.05) is 25.3 Å². The third-order valence-electron chi connectivity index (χ3n) is 4.94. The number of nitrogens with zero attached hydrogens (tertiary/aromatic N) is 3. The molecular weight excluding hydrogens is 489 g/mol. The van der Waals surface area contributed by atoms with Crippen LogP contribution in [-0.4, -0.2) is 46.6 Å².